The second-order valence-electron chi connectivity index (χ2n) is 5.67. The quantitative estimate of drug-likeness (QED) is 0.576. The van der Waals surface area contributed by atoms with E-state index in [-0.39, 0.29) is 22.9 Å². The normalized spacial score (nSPS) is 10.9. The number of benzene rings is 1. The van der Waals surface area contributed by atoms with Gasteiger partial charge in [-0.05, 0) is 32.9 Å². The zero-order valence-corrected chi connectivity index (χ0v) is 12.6. The Bertz CT molecular complexity index is 654. The number of hydrogen-bond acceptors (Lipinski definition) is 7. The first-order valence-electron chi connectivity index (χ1n) is 6.71. The van der Waals surface area contributed by atoms with Crippen molar-refractivity contribution in [1.29, 1.82) is 0 Å². The summed E-state index contributed by atoms with van der Waals surface area (Å²) >= 11 is 0. The van der Waals surface area contributed by atoms with E-state index in [1.54, 1.807) is 0 Å². The van der Waals surface area contributed by atoms with Crippen molar-refractivity contribution in [2.75, 3.05) is 16.2 Å². The Morgan fingerprint density at radius 3 is 2.27 bits per heavy atom. The topological polar surface area (TPSA) is 105 Å². The average molecular weight is 302 g/mol. The molecule has 1 aromatic heterocycles. The Kier molecular flexibility index (Phi) is 4.40. The van der Waals surface area contributed by atoms with Crippen molar-refractivity contribution < 1.29 is 4.92 Å². The molecule has 0 radical (unpaired) electrons. The third kappa shape index (κ3) is 4.05. The van der Waals surface area contributed by atoms with Gasteiger partial charge in [-0.2, -0.15) is 0 Å². The van der Waals surface area contributed by atoms with Gasteiger partial charge in [0.1, 0.15) is 6.33 Å². The van der Waals surface area contributed by atoms with Crippen LogP contribution in [0.1, 0.15) is 20.8 Å². The van der Waals surface area contributed by atoms with Gasteiger partial charge in [0.05, 0.1) is 10.6 Å². The molecule has 8 heteroatoms. The number of nitro groups is 1. The molecule has 116 valence electrons. The highest BCUT2D eigenvalue weighted by Gasteiger charge is 2.25. The predicted octanol–water partition coefficient (Wildman–Crippen LogP) is 3.03. The highest BCUT2D eigenvalue weighted by Crippen LogP contribution is 2.30. The van der Waals surface area contributed by atoms with Crippen LogP contribution < -0.4 is 16.2 Å². The van der Waals surface area contributed by atoms with E-state index in [1.807, 2.05) is 51.1 Å². The van der Waals surface area contributed by atoms with Crippen molar-refractivity contribution in [3.8, 4) is 0 Å². The van der Waals surface area contributed by atoms with Gasteiger partial charge in [-0.15, -0.1) is 0 Å². The van der Waals surface area contributed by atoms with Crippen molar-refractivity contribution in [2.24, 2.45) is 0 Å². The highest BCUT2D eigenvalue weighted by molar-refractivity contribution is 5.71. The fourth-order valence-corrected chi connectivity index (χ4v) is 1.74. The van der Waals surface area contributed by atoms with E-state index < -0.39 is 4.92 Å². The monoisotopic (exact) mass is 302 g/mol. The molecule has 0 spiro atoms. The number of hydrazine groups is 1. The summed E-state index contributed by atoms with van der Waals surface area (Å²) in [7, 11) is 0. The van der Waals surface area contributed by atoms with Crippen molar-refractivity contribution in [3.63, 3.8) is 0 Å². The third-order valence-electron chi connectivity index (χ3n) is 2.60. The van der Waals surface area contributed by atoms with Gasteiger partial charge >= 0.3 is 5.69 Å². The highest BCUT2D eigenvalue weighted by atomic mass is 16.6. The Morgan fingerprint density at radius 1 is 1.05 bits per heavy atom. The van der Waals surface area contributed by atoms with Crippen LogP contribution in [-0.2, 0) is 0 Å². The summed E-state index contributed by atoms with van der Waals surface area (Å²) in [5.74, 6) is 0.264. The molecule has 3 N–H and O–H groups in total. The lowest BCUT2D eigenvalue weighted by Gasteiger charge is -2.21. The van der Waals surface area contributed by atoms with Crippen LogP contribution in [0, 0.1) is 10.1 Å². The number of nitrogens with one attached hydrogen (secondary N) is 3. The maximum atomic E-state index is 11.4. The van der Waals surface area contributed by atoms with Gasteiger partial charge in [0.15, 0.2) is 0 Å². The van der Waals surface area contributed by atoms with E-state index in [1.165, 1.54) is 6.33 Å². The van der Waals surface area contributed by atoms with E-state index in [0.717, 1.165) is 5.69 Å². The number of para-hydroxylation sites is 1. The molecule has 1 aromatic carbocycles. The summed E-state index contributed by atoms with van der Waals surface area (Å²) in [5.41, 5.74) is 5.83. The number of rotatable bonds is 5. The molecule has 0 fully saturated rings. The summed E-state index contributed by atoms with van der Waals surface area (Å²) in [5, 5.41) is 14.4. The summed E-state index contributed by atoms with van der Waals surface area (Å²) in [6.45, 7) is 5.69. The lowest BCUT2D eigenvalue weighted by Crippen LogP contribution is -2.27. The van der Waals surface area contributed by atoms with Crippen LogP contribution in [0.2, 0.25) is 0 Å². The van der Waals surface area contributed by atoms with Gasteiger partial charge < -0.3 is 5.32 Å². The van der Waals surface area contributed by atoms with E-state index in [2.05, 4.69) is 26.1 Å². The number of aromatic nitrogens is 2. The second-order valence-corrected chi connectivity index (χ2v) is 5.67. The fourth-order valence-electron chi connectivity index (χ4n) is 1.74. The first-order valence-corrected chi connectivity index (χ1v) is 6.71. The van der Waals surface area contributed by atoms with Crippen molar-refractivity contribution >= 4 is 23.0 Å². The molecule has 8 nitrogen and oxygen atoms in total. The van der Waals surface area contributed by atoms with Crippen LogP contribution >= 0.6 is 0 Å². The Morgan fingerprint density at radius 2 is 1.68 bits per heavy atom. The smallest absolute Gasteiger partial charge is 0.354 e. The van der Waals surface area contributed by atoms with Crippen LogP contribution in [0.5, 0.6) is 0 Å². The molecule has 0 saturated heterocycles. The van der Waals surface area contributed by atoms with Gasteiger partial charge in [0.25, 0.3) is 0 Å². The Labute approximate surface area is 128 Å². The molecule has 0 aliphatic carbocycles. The third-order valence-corrected chi connectivity index (χ3v) is 2.60. The van der Waals surface area contributed by atoms with E-state index in [9.17, 15) is 10.1 Å². The van der Waals surface area contributed by atoms with E-state index >= 15 is 0 Å². The molecule has 22 heavy (non-hydrogen) atoms. The standard InChI is InChI=1S/C14H18N6O2/c1-14(2,3)17-12-11(20(21)22)13(16-9-15-12)19-18-10-7-5-4-6-8-10/h4-9,18H,1-3H3,(H2,15,16,17,19). The molecular weight excluding hydrogens is 284 g/mol. The predicted molar refractivity (Wildman–Crippen MR) is 85.7 cm³/mol. The van der Waals surface area contributed by atoms with Crippen molar-refractivity contribution in [3.05, 3.63) is 46.8 Å². The van der Waals surface area contributed by atoms with Crippen molar-refractivity contribution in [2.45, 2.75) is 26.3 Å². The summed E-state index contributed by atoms with van der Waals surface area (Å²) in [6, 6.07) is 9.24. The molecular formula is C14H18N6O2. The molecule has 0 saturated carbocycles. The molecule has 0 atom stereocenters. The zero-order valence-electron chi connectivity index (χ0n) is 12.6. The average Bonchev–Trinajstić information content (AvgIpc) is 2.44. The Hall–Kier alpha value is -2.90. The maximum absolute atomic E-state index is 11.4. The van der Waals surface area contributed by atoms with Crippen LogP contribution in [-0.4, -0.2) is 20.4 Å². The van der Waals surface area contributed by atoms with Crippen LogP contribution in [0.25, 0.3) is 0 Å². The van der Waals surface area contributed by atoms with Gasteiger partial charge in [0.2, 0.25) is 11.6 Å². The van der Waals surface area contributed by atoms with E-state index in [4.69, 9.17) is 0 Å². The SMILES string of the molecule is CC(C)(C)Nc1ncnc(NNc2ccccc2)c1[N+](=O)[O-]. The molecule has 0 aliphatic heterocycles. The van der Waals surface area contributed by atoms with Gasteiger partial charge in [-0.1, -0.05) is 18.2 Å². The summed E-state index contributed by atoms with van der Waals surface area (Å²) < 4.78 is 0. The lowest BCUT2D eigenvalue weighted by atomic mass is 10.1. The van der Waals surface area contributed by atoms with Gasteiger partial charge in [0, 0.05) is 5.54 Å². The molecule has 2 aromatic rings. The first kappa shape index (κ1) is 15.5. The van der Waals surface area contributed by atoms with Gasteiger partial charge in [-0.3, -0.25) is 21.0 Å². The van der Waals surface area contributed by atoms with Crippen LogP contribution in [0.15, 0.2) is 36.7 Å². The molecule has 1 heterocycles. The zero-order chi connectivity index (χ0) is 16.2. The first-order chi connectivity index (χ1) is 10.4. The summed E-state index contributed by atoms with van der Waals surface area (Å²) in [6.07, 6.45) is 1.27. The second kappa shape index (κ2) is 6.25. The maximum Gasteiger partial charge on any atom is 0.354 e. The van der Waals surface area contributed by atoms with Crippen LogP contribution in [0.4, 0.5) is 23.0 Å². The molecule has 0 bridgehead atoms. The van der Waals surface area contributed by atoms with E-state index in [0.29, 0.717) is 0 Å². The summed E-state index contributed by atoms with van der Waals surface area (Å²) in [4.78, 5) is 18.8. The fraction of sp³-hybridized carbons (Fsp3) is 0.286. The van der Waals surface area contributed by atoms with Crippen LogP contribution in [0.3, 0.4) is 0 Å². The largest absolute Gasteiger partial charge is 0.360 e. The molecule has 0 amide bonds. The number of nitrogens with zero attached hydrogens (tertiary/aromatic N) is 3. The number of hydrogen-bond donors (Lipinski definition) is 3. The molecule has 0 unspecified atom stereocenters. The minimum absolute atomic E-state index is 0.0932. The van der Waals surface area contributed by atoms with Crippen molar-refractivity contribution in [1.82, 2.24) is 9.97 Å². The Balaban J connectivity index is 2.27. The molecule has 0 aliphatic rings. The lowest BCUT2D eigenvalue weighted by molar-refractivity contribution is -0.383. The molecule has 2 rings (SSSR count). The minimum atomic E-state index is -0.511. The van der Waals surface area contributed by atoms with Gasteiger partial charge in [-0.25, -0.2) is 9.97 Å². The minimum Gasteiger partial charge on any atom is -0.360 e. The number of anilines is 3.